The van der Waals surface area contributed by atoms with E-state index in [0.717, 1.165) is 5.69 Å². The Kier molecular flexibility index (Phi) is 4.17. The van der Waals surface area contributed by atoms with Crippen molar-refractivity contribution in [1.82, 2.24) is 15.5 Å². The lowest BCUT2D eigenvalue weighted by molar-refractivity contribution is -0.127. The maximum absolute atomic E-state index is 12.0. The summed E-state index contributed by atoms with van der Waals surface area (Å²) in [6.07, 6.45) is -0.570. The van der Waals surface area contributed by atoms with E-state index in [1.54, 1.807) is 7.05 Å². The highest BCUT2D eigenvalue weighted by atomic mass is 16.5. The Morgan fingerprint density at radius 2 is 2.12 bits per heavy atom. The molecule has 7 heteroatoms. The first-order chi connectivity index (χ1) is 11.4. The highest BCUT2D eigenvalue weighted by Gasteiger charge is 2.31. The molecule has 0 saturated carbocycles. The average Bonchev–Trinajstić information content (AvgIpc) is 3.03. The first-order valence-electron chi connectivity index (χ1n) is 7.94. The summed E-state index contributed by atoms with van der Waals surface area (Å²) < 4.78 is 11.1. The van der Waals surface area contributed by atoms with Crippen LogP contribution in [0.5, 0.6) is 5.75 Å². The summed E-state index contributed by atoms with van der Waals surface area (Å²) in [6, 6.07) is 7.63. The van der Waals surface area contributed by atoms with Gasteiger partial charge in [0.05, 0.1) is 18.8 Å². The Morgan fingerprint density at radius 3 is 2.79 bits per heavy atom. The maximum Gasteiger partial charge on any atom is 0.262 e. The third-order valence-corrected chi connectivity index (χ3v) is 3.84. The molecule has 7 nitrogen and oxygen atoms in total. The van der Waals surface area contributed by atoms with E-state index in [-0.39, 0.29) is 11.3 Å². The van der Waals surface area contributed by atoms with Crippen molar-refractivity contribution in [3.8, 4) is 5.75 Å². The minimum atomic E-state index is -0.570. The molecule has 1 aliphatic heterocycles. The van der Waals surface area contributed by atoms with Crippen molar-refractivity contribution in [1.29, 1.82) is 0 Å². The number of fused-ring (bicyclic) bond motifs is 1. The van der Waals surface area contributed by atoms with Gasteiger partial charge in [-0.15, -0.1) is 0 Å². The Bertz CT molecular complexity index is 735. The predicted molar refractivity (Wildman–Crippen MR) is 89.0 cm³/mol. The number of aromatic nitrogens is 2. The first-order valence-corrected chi connectivity index (χ1v) is 7.94. The van der Waals surface area contributed by atoms with Crippen molar-refractivity contribution in [3.63, 3.8) is 0 Å². The van der Waals surface area contributed by atoms with Gasteiger partial charge in [0, 0.05) is 12.5 Å². The summed E-state index contributed by atoms with van der Waals surface area (Å²) >= 11 is 0. The number of carbonyl (C=O) groups is 1. The summed E-state index contributed by atoms with van der Waals surface area (Å²) in [5.74, 6) is 1.71. The molecule has 2 aromatic rings. The number of rotatable bonds is 3. The highest BCUT2D eigenvalue weighted by molar-refractivity contribution is 5.83. The molecule has 3 rings (SSSR count). The number of carbonyl (C=O) groups excluding carboxylic acids is 1. The van der Waals surface area contributed by atoms with Crippen LogP contribution in [0.25, 0.3) is 0 Å². The van der Waals surface area contributed by atoms with Crippen molar-refractivity contribution < 1.29 is 14.1 Å². The van der Waals surface area contributed by atoms with E-state index in [1.807, 2.05) is 49.9 Å². The molecule has 1 amide bonds. The normalized spacial score (nSPS) is 17.2. The van der Waals surface area contributed by atoms with Gasteiger partial charge in [0.15, 0.2) is 11.9 Å². The second kappa shape index (κ2) is 6.14. The Hall–Kier alpha value is -2.57. The summed E-state index contributed by atoms with van der Waals surface area (Å²) in [5.41, 5.74) is 0.721. The van der Waals surface area contributed by atoms with Gasteiger partial charge >= 0.3 is 0 Å². The number of ether oxygens (including phenoxy) is 1. The molecule has 128 valence electrons. The van der Waals surface area contributed by atoms with E-state index in [9.17, 15) is 4.79 Å². The SMILES string of the molecule is CNC(=O)[C@@H]1CN(Cc2noc(C(C)(C)C)n2)c2ccccc2O1. The summed E-state index contributed by atoms with van der Waals surface area (Å²) in [4.78, 5) is 18.5. The van der Waals surface area contributed by atoms with Crippen LogP contribution in [-0.2, 0) is 16.8 Å². The van der Waals surface area contributed by atoms with E-state index < -0.39 is 6.10 Å². The van der Waals surface area contributed by atoms with E-state index >= 15 is 0 Å². The molecule has 24 heavy (non-hydrogen) atoms. The lowest BCUT2D eigenvalue weighted by Gasteiger charge is -2.34. The van der Waals surface area contributed by atoms with Crippen LogP contribution in [-0.4, -0.2) is 35.7 Å². The smallest absolute Gasteiger partial charge is 0.262 e. The highest BCUT2D eigenvalue weighted by Crippen LogP contribution is 2.34. The zero-order chi connectivity index (χ0) is 17.3. The Morgan fingerprint density at radius 1 is 1.38 bits per heavy atom. The Balaban J connectivity index is 1.86. The van der Waals surface area contributed by atoms with Gasteiger partial charge in [-0.25, -0.2) is 0 Å². The molecule has 0 bridgehead atoms. The molecular formula is C17H22N4O3. The third-order valence-electron chi connectivity index (χ3n) is 3.84. The van der Waals surface area contributed by atoms with Crippen LogP contribution < -0.4 is 15.0 Å². The second-order valence-electron chi connectivity index (χ2n) is 6.83. The number of para-hydroxylation sites is 2. The number of nitrogens with zero attached hydrogens (tertiary/aromatic N) is 3. The topological polar surface area (TPSA) is 80.5 Å². The Labute approximate surface area is 141 Å². The number of likely N-dealkylation sites (N-methyl/N-ethyl adjacent to an activating group) is 1. The monoisotopic (exact) mass is 330 g/mol. The van der Waals surface area contributed by atoms with Crippen LogP contribution in [0, 0.1) is 0 Å². The number of hydrogen-bond donors (Lipinski definition) is 1. The molecule has 1 N–H and O–H groups in total. The van der Waals surface area contributed by atoms with Crippen LogP contribution in [0.3, 0.4) is 0 Å². The number of anilines is 1. The number of hydrogen-bond acceptors (Lipinski definition) is 6. The molecule has 0 radical (unpaired) electrons. The maximum atomic E-state index is 12.0. The van der Waals surface area contributed by atoms with Crippen molar-refractivity contribution in [2.24, 2.45) is 0 Å². The van der Waals surface area contributed by atoms with Gasteiger partial charge in [0.25, 0.3) is 5.91 Å². The molecule has 1 atom stereocenters. The van der Waals surface area contributed by atoms with Gasteiger partial charge in [-0.3, -0.25) is 4.79 Å². The van der Waals surface area contributed by atoms with E-state index in [4.69, 9.17) is 9.26 Å². The van der Waals surface area contributed by atoms with E-state index in [0.29, 0.717) is 30.6 Å². The summed E-state index contributed by atoms with van der Waals surface area (Å²) in [7, 11) is 1.60. The molecule has 1 aromatic carbocycles. The van der Waals surface area contributed by atoms with Crippen molar-refractivity contribution in [2.45, 2.75) is 38.8 Å². The van der Waals surface area contributed by atoms with Crippen LogP contribution in [0.1, 0.15) is 32.5 Å². The van der Waals surface area contributed by atoms with Crippen molar-refractivity contribution in [2.75, 3.05) is 18.5 Å². The molecule has 1 aliphatic rings. The number of nitrogens with one attached hydrogen (secondary N) is 1. The lowest BCUT2D eigenvalue weighted by Crippen LogP contribution is -2.48. The zero-order valence-electron chi connectivity index (χ0n) is 14.4. The molecule has 0 saturated heterocycles. The molecule has 0 spiro atoms. The fourth-order valence-corrected chi connectivity index (χ4v) is 2.55. The quantitative estimate of drug-likeness (QED) is 0.925. The van der Waals surface area contributed by atoms with E-state index in [2.05, 4.69) is 15.5 Å². The standard InChI is InChI=1S/C17H22N4O3/c1-17(2,3)16-19-14(20-24-16)10-21-9-13(15(22)18-4)23-12-8-6-5-7-11(12)21/h5-8,13H,9-10H2,1-4H3,(H,18,22)/t13-/m0/s1. The van der Waals surface area contributed by atoms with Gasteiger partial charge in [-0.1, -0.05) is 38.1 Å². The molecule has 0 unspecified atom stereocenters. The van der Waals surface area contributed by atoms with Gasteiger partial charge in [-0.05, 0) is 12.1 Å². The minimum absolute atomic E-state index is 0.155. The average molecular weight is 330 g/mol. The first kappa shape index (κ1) is 16.3. The van der Waals surface area contributed by atoms with Gasteiger partial charge in [-0.2, -0.15) is 4.98 Å². The summed E-state index contributed by atoms with van der Waals surface area (Å²) in [6.45, 7) is 6.95. The van der Waals surface area contributed by atoms with Crippen LogP contribution >= 0.6 is 0 Å². The number of amides is 1. The molecule has 0 fully saturated rings. The van der Waals surface area contributed by atoms with Crippen LogP contribution in [0.4, 0.5) is 5.69 Å². The minimum Gasteiger partial charge on any atom is -0.477 e. The predicted octanol–water partition coefficient (Wildman–Crippen LogP) is 1.88. The second-order valence-corrected chi connectivity index (χ2v) is 6.83. The van der Waals surface area contributed by atoms with Crippen LogP contribution in [0.15, 0.2) is 28.8 Å². The third kappa shape index (κ3) is 3.20. The largest absolute Gasteiger partial charge is 0.477 e. The van der Waals surface area contributed by atoms with Crippen molar-refractivity contribution >= 4 is 11.6 Å². The molecule has 0 aliphatic carbocycles. The van der Waals surface area contributed by atoms with E-state index in [1.165, 1.54) is 0 Å². The number of benzene rings is 1. The molecule has 2 heterocycles. The van der Waals surface area contributed by atoms with Gasteiger partial charge in [0.2, 0.25) is 5.89 Å². The fraction of sp³-hybridized carbons (Fsp3) is 0.471. The van der Waals surface area contributed by atoms with Crippen LogP contribution in [0.2, 0.25) is 0 Å². The van der Waals surface area contributed by atoms with Gasteiger partial charge in [0.1, 0.15) is 5.75 Å². The zero-order valence-corrected chi connectivity index (χ0v) is 14.4. The fourth-order valence-electron chi connectivity index (χ4n) is 2.55. The van der Waals surface area contributed by atoms with Crippen molar-refractivity contribution in [3.05, 3.63) is 36.0 Å². The van der Waals surface area contributed by atoms with Gasteiger partial charge < -0.3 is 19.5 Å². The molecular weight excluding hydrogens is 308 g/mol. The summed E-state index contributed by atoms with van der Waals surface area (Å²) in [5, 5.41) is 6.70. The molecule has 1 aromatic heterocycles. The lowest BCUT2D eigenvalue weighted by atomic mass is 9.97.